The van der Waals surface area contributed by atoms with Gasteiger partial charge in [-0.25, -0.2) is 0 Å². The van der Waals surface area contributed by atoms with Crippen LogP contribution in [0.1, 0.15) is 17.5 Å². The first-order valence-electron chi connectivity index (χ1n) is 7.19. The Kier molecular flexibility index (Phi) is 6.24. The van der Waals surface area contributed by atoms with Gasteiger partial charge in [0.05, 0.1) is 11.6 Å². The third-order valence-corrected chi connectivity index (χ3v) is 6.62. The lowest BCUT2D eigenvalue weighted by Gasteiger charge is -2.37. The lowest BCUT2D eigenvalue weighted by Crippen LogP contribution is -2.57. The van der Waals surface area contributed by atoms with Crippen LogP contribution in [0.25, 0.3) is 0 Å². The van der Waals surface area contributed by atoms with Gasteiger partial charge in [0.2, 0.25) is 0 Å². The lowest BCUT2D eigenvalue weighted by molar-refractivity contribution is -0.331. The van der Waals surface area contributed by atoms with Crippen molar-refractivity contribution in [3.8, 4) is 6.07 Å². The maximum atomic E-state index is 14.4. The Morgan fingerprint density at radius 3 is 1.96 bits per heavy atom. The van der Waals surface area contributed by atoms with Crippen molar-refractivity contribution in [2.75, 3.05) is 0 Å². The van der Waals surface area contributed by atoms with Gasteiger partial charge < -0.3 is 0 Å². The van der Waals surface area contributed by atoms with Crippen LogP contribution in [0, 0.1) is 11.3 Å². The highest BCUT2D eigenvalue weighted by Gasteiger charge is 2.77. The number of nitriles is 1. The molecule has 12 heteroatoms. The van der Waals surface area contributed by atoms with Crippen LogP contribution in [0.5, 0.6) is 0 Å². The van der Waals surface area contributed by atoms with Crippen LogP contribution in [-0.2, 0) is 15.5 Å². The van der Waals surface area contributed by atoms with E-state index in [1.165, 1.54) is 12.1 Å². The Hall–Kier alpha value is -1.19. The quantitative estimate of drug-likeness (QED) is 0.413. The maximum Gasteiger partial charge on any atom is 0.461 e. The number of halogens is 9. The number of alkyl halides is 7. The van der Waals surface area contributed by atoms with Crippen molar-refractivity contribution in [1.82, 2.24) is 0 Å². The van der Waals surface area contributed by atoms with Crippen molar-refractivity contribution >= 4 is 42.7 Å². The van der Waals surface area contributed by atoms with Gasteiger partial charge in [-0.2, -0.15) is 36.0 Å². The van der Waals surface area contributed by atoms with Crippen LogP contribution in [-0.4, -0.2) is 21.6 Å². The zero-order valence-corrected chi connectivity index (χ0v) is 17.3. The summed E-state index contributed by atoms with van der Waals surface area (Å²) in [6, 6.07) is 6.45. The SMILES string of the molecule is N#Cc1ccccc1C1(S(=O)C(F)(F)C(F)(F)C(F)(F)F)C=C(Br)CC(Br)=C1. The number of rotatable bonds is 4. The third kappa shape index (κ3) is 3.68. The summed E-state index contributed by atoms with van der Waals surface area (Å²) in [7, 11) is -4.16. The highest BCUT2D eigenvalue weighted by molar-refractivity contribution is 9.12. The van der Waals surface area contributed by atoms with Crippen molar-refractivity contribution in [3.05, 3.63) is 56.5 Å². The van der Waals surface area contributed by atoms with Crippen molar-refractivity contribution in [2.45, 2.75) is 28.5 Å². The Bertz CT molecular complexity index is 900. The third-order valence-electron chi connectivity index (χ3n) is 3.81. The van der Waals surface area contributed by atoms with Crippen molar-refractivity contribution < 1.29 is 34.9 Å². The van der Waals surface area contributed by atoms with E-state index >= 15 is 0 Å². The number of allylic oxidation sites excluding steroid dienone is 2. The van der Waals surface area contributed by atoms with E-state index in [-0.39, 0.29) is 20.9 Å². The van der Waals surface area contributed by atoms with Gasteiger partial charge in [-0.1, -0.05) is 50.1 Å². The first kappa shape index (κ1) is 23.1. The zero-order valence-electron chi connectivity index (χ0n) is 13.3. The minimum Gasteiger partial charge on any atom is -0.252 e. The van der Waals surface area contributed by atoms with Gasteiger partial charge in [-0.15, -0.1) is 0 Å². The van der Waals surface area contributed by atoms with Crippen LogP contribution < -0.4 is 0 Å². The summed E-state index contributed by atoms with van der Waals surface area (Å²) in [6.07, 6.45) is -4.87. The van der Waals surface area contributed by atoms with Gasteiger partial charge >= 0.3 is 17.4 Å². The van der Waals surface area contributed by atoms with Gasteiger partial charge in [0.1, 0.15) is 15.5 Å². The summed E-state index contributed by atoms with van der Waals surface area (Å²) in [4.78, 5) is 0. The zero-order chi connectivity index (χ0) is 21.5. The molecule has 0 bridgehead atoms. The van der Waals surface area contributed by atoms with E-state index in [0.717, 1.165) is 24.3 Å². The first-order chi connectivity index (χ1) is 12.7. The van der Waals surface area contributed by atoms with E-state index in [1.54, 1.807) is 6.07 Å². The molecule has 1 aliphatic carbocycles. The summed E-state index contributed by atoms with van der Waals surface area (Å²) in [6.45, 7) is 0. The van der Waals surface area contributed by atoms with Crippen molar-refractivity contribution in [3.63, 3.8) is 0 Å². The molecule has 1 aromatic rings. The second-order valence-electron chi connectivity index (χ2n) is 5.67. The molecule has 0 aliphatic heterocycles. The monoisotopic (exact) mass is 553 g/mol. The Morgan fingerprint density at radius 2 is 1.50 bits per heavy atom. The second kappa shape index (κ2) is 7.57. The van der Waals surface area contributed by atoms with Crippen LogP contribution in [0.15, 0.2) is 45.4 Å². The number of benzene rings is 1. The number of nitrogens with zero attached hydrogens (tertiary/aromatic N) is 1. The Balaban J connectivity index is 2.84. The fourth-order valence-electron chi connectivity index (χ4n) is 2.55. The van der Waals surface area contributed by atoms with E-state index in [2.05, 4.69) is 31.9 Å². The van der Waals surface area contributed by atoms with Crippen LogP contribution in [0.2, 0.25) is 0 Å². The molecule has 1 aliphatic rings. The van der Waals surface area contributed by atoms with Gasteiger partial charge in [-0.05, 0) is 32.7 Å². The minimum absolute atomic E-state index is 0.0644. The molecule has 1 unspecified atom stereocenters. The summed E-state index contributed by atoms with van der Waals surface area (Å²) < 4.78 is 104. The van der Waals surface area contributed by atoms with Gasteiger partial charge in [0, 0.05) is 6.42 Å². The summed E-state index contributed by atoms with van der Waals surface area (Å²) in [5, 5.41) is 3.24. The molecule has 152 valence electrons. The topological polar surface area (TPSA) is 40.9 Å². The standard InChI is InChI=1S/C16H8Br2F7NOS/c17-10-5-11(18)7-13(6-10,12-4-2-1-3-9(12)8-26)28(27)16(24,25)14(19,20)15(21,22)23/h1-4,6-7H,5H2. The largest absolute Gasteiger partial charge is 0.461 e. The van der Waals surface area contributed by atoms with Gasteiger partial charge in [0.15, 0.2) is 0 Å². The average molecular weight is 555 g/mol. The predicted octanol–water partition coefficient (Wildman–Crippen LogP) is 6.25. The van der Waals surface area contributed by atoms with E-state index < -0.39 is 38.5 Å². The van der Waals surface area contributed by atoms with Crippen LogP contribution in [0.4, 0.5) is 30.7 Å². The van der Waals surface area contributed by atoms with Gasteiger partial charge in [-0.3, -0.25) is 4.21 Å². The molecule has 1 atom stereocenters. The van der Waals surface area contributed by atoms with Gasteiger partial charge in [0.25, 0.3) is 0 Å². The molecule has 0 saturated heterocycles. The summed E-state index contributed by atoms with van der Waals surface area (Å²) >= 11 is 5.98. The molecular formula is C16H8Br2F7NOS. The summed E-state index contributed by atoms with van der Waals surface area (Å²) in [5.74, 6) is -6.57. The van der Waals surface area contributed by atoms with E-state index in [0.29, 0.717) is 0 Å². The van der Waals surface area contributed by atoms with E-state index in [4.69, 9.17) is 0 Å². The molecule has 0 heterocycles. The molecule has 0 saturated carbocycles. The Morgan fingerprint density at radius 1 is 1.00 bits per heavy atom. The Labute approximate surface area is 173 Å². The highest BCUT2D eigenvalue weighted by atomic mass is 79.9. The average Bonchev–Trinajstić information content (AvgIpc) is 2.58. The molecular weight excluding hydrogens is 547 g/mol. The fraction of sp³-hybridized carbons (Fsp3) is 0.312. The fourth-order valence-corrected chi connectivity index (χ4v) is 6.20. The molecule has 2 rings (SSSR count). The minimum atomic E-state index is -6.64. The molecule has 1 aromatic carbocycles. The molecule has 2 nitrogen and oxygen atoms in total. The van der Waals surface area contributed by atoms with E-state index in [9.17, 15) is 40.2 Å². The van der Waals surface area contributed by atoms with E-state index in [1.807, 2.05) is 0 Å². The highest BCUT2D eigenvalue weighted by Crippen LogP contribution is 2.54. The molecule has 0 amide bonds. The number of hydrogen-bond donors (Lipinski definition) is 0. The molecule has 0 aromatic heterocycles. The predicted molar refractivity (Wildman–Crippen MR) is 95.6 cm³/mol. The van der Waals surface area contributed by atoms with Crippen molar-refractivity contribution in [2.24, 2.45) is 0 Å². The molecule has 0 radical (unpaired) electrons. The van der Waals surface area contributed by atoms with Crippen LogP contribution in [0.3, 0.4) is 0 Å². The normalized spacial score (nSPS) is 18.7. The lowest BCUT2D eigenvalue weighted by atomic mass is 9.90. The van der Waals surface area contributed by atoms with Crippen LogP contribution >= 0.6 is 31.9 Å². The number of hydrogen-bond acceptors (Lipinski definition) is 2. The smallest absolute Gasteiger partial charge is 0.252 e. The second-order valence-corrected chi connectivity index (χ2v) is 9.43. The van der Waals surface area contributed by atoms with Crippen molar-refractivity contribution in [1.29, 1.82) is 5.26 Å². The molecule has 28 heavy (non-hydrogen) atoms. The maximum absolute atomic E-state index is 14.4. The molecule has 0 N–H and O–H groups in total. The molecule has 0 spiro atoms. The summed E-state index contributed by atoms with van der Waals surface area (Å²) in [5.41, 5.74) is -0.709. The first-order valence-corrected chi connectivity index (χ1v) is 9.92. The molecule has 0 fully saturated rings.